The minimum atomic E-state index is -4.65. The summed E-state index contributed by atoms with van der Waals surface area (Å²) in [5.41, 5.74) is -2.38. The molecule has 174 valence electrons. The normalized spacial score (nSPS) is 17.9. The molecule has 1 saturated heterocycles. The maximum atomic E-state index is 13.1. The predicted molar refractivity (Wildman–Crippen MR) is 108 cm³/mol. The number of urea groups is 1. The first-order valence-electron chi connectivity index (χ1n) is 10.5. The molecule has 11 heteroatoms. The highest BCUT2D eigenvalue weighted by atomic mass is 19.4. The number of para-hydroxylation sites is 1. The molecule has 1 aromatic rings. The zero-order valence-corrected chi connectivity index (χ0v) is 17.6. The predicted octanol–water partition coefficient (Wildman–Crippen LogP) is 2.75. The van der Waals surface area contributed by atoms with Crippen LogP contribution in [0.15, 0.2) is 24.3 Å². The second-order valence-electron chi connectivity index (χ2n) is 7.96. The molecule has 1 heterocycles. The van der Waals surface area contributed by atoms with E-state index in [0.29, 0.717) is 12.8 Å². The zero-order valence-electron chi connectivity index (χ0n) is 17.6. The van der Waals surface area contributed by atoms with Gasteiger partial charge in [-0.05, 0) is 31.9 Å². The Morgan fingerprint density at radius 2 is 1.81 bits per heavy atom. The average molecular weight is 454 g/mol. The second-order valence-corrected chi connectivity index (χ2v) is 7.96. The molecule has 1 spiro atoms. The minimum absolute atomic E-state index is 0.0714. The highest BCUT2D eigenvalue weighted by Crippen LogP contribution is 2.35. The number of halogens is 3. The third-order valence-corrected chi connectivity index (χ3v) is 5.82. The molecule has 1 aromatic carbocycles. The number of hydrogen-bond acceptors (Lipinski definition) is 4. The van der Waals surface area contributed by atoms with Crippen LogP contribution in [0.3, 0.4) is 0 Å². The highest BCUT2D eigenvalue weighted by Gasteiger charge is 2.51. The van der Waals surface area contributed by atoms with Gasteiger partial charge in [-0.3, -0.25) is 19.3 Å². The number of nitrogens with one attached hydrogen (secondary N) is 2. The summed E-state index contributed by atoms with van der Waals surface area (Å²) in [6, 6.07) is 3.88. The van der Waals surface area contributed by atoms with Gasteiger partial charge in [-0.1, -0.05) is 31.4 Å². The molecule has 0 bridgehead atoms. The van der Waals surface area contributed by atoms with Crippen LogP contribution >= 0.6 is 0 Å². The van der Waals surface area contributed by atoms with E-state index in [1.54, 1.807) is 6.92 Å². The van der Waals surface area contributed by atoms with Crippen molar-refractivity contribution in [2.45, 2.75) is 50.7 Å². The maximum Gasteiger partial charge on any atom is 0.418 e. The fourth-order valence-electron chi connectivity index (χ4n) is 4.13. The Kier molecular flexibility index (Phi) is 6.75. The number of nitrogens with zero attached hydrogens (tertiary/aromatic N) is 2. The van der Waals surface area contributed by atoms with Crippen molar-refractivity contribution in [3.63, 3.8) is 0 Å². The van der Waals surface area contributed by atoms with Crippen LogP contribution in [0.5, 0.6) is 0 Å². The smallest absolute Gasteiger partial charge is 0.332 e. The number of amides is 5. The molecular weight excluding hydrogens is 429 g/mol. The molecule has 3 rings (SSSR count). The maximum absolute atomic E-state index is 13.1. The van der Waals surface area contributed by atoms with Crippen molar-refractivity contribution in [2.24, 2.45) is 0 Å². The number of carbonyl (C=O) groups excluding carboxylic acids is 4. The van der Waals surface area contributed by atoms with Crippen LogP contribution in [0.2, 0.25) is 0 Å². The Morgan fingerprint density at radius 3 is 2.44 bits per heavy atom. The van der Waals surface area contributed by atoms with Gasteiger partial charge in [-0.15, -0.1) is 0 Å². The molecule has 0 unspecified atom stereocenters. The van der Waals surface area contributed by atoms with Gasteiger partial charge in [0.2, 0.25) is 11.8 Å². The zero-order chi connectivity index (χ0) is 23.5. The van der Waals surface area contributed by atoms with Crippen LogP contribution in [0, 0.1) is 0 Å². The average Bonchev–Trinajstić information content (AvgIpc) is 2.95. The third kappa shape index (κ3) is 4.86. The molecule has 2 fully saturated rings. The molecule has 32 heavy (non-hydrogen) atoms. The molecule has 0 radical (unpaired) electrons. The number of rotatable bonds is 6. The first-order valence-corrected chi connectivity index (χ1v) is 10.5. The Balaban J connectivity index is 1.64. The Labute approximate surface area is 183 Å². The third-order valence-electron chi connectivity index (χ3n) is 5.82. The van der Waals surface area contributed by atoms with E-state index >= 15 is 0 Å². The van der Waals surface area contributed by atoms with Crippen molar-refractivity contribution in [3.05, 3.63) is 29.8 Å². The van der Waals surface area contributed by atoms with E-state index in [9.17, 15) is 32.3 Å². The molecule has 2 N–H and O–H groups in total. The molecule has 2 aliphatic rings. The summed E-state index contributed by atoms with van der Waals surface area (Å²) >= 11 is 0. The quantitative estimate of drug-likeness (QED) is 0.646. The van der Waals surface area contributed by atoms with Gasteiger partial charge in [-0.25, -0.2) is 4.79 Å². The molecule has 1 aliphatic heterocycles. The SMILES string of the molecule is CCN(CC(=O)Nc1ccccc1C(F)(F)F)C(=O)CN1C(=O)NC2(CCCCC2)C1=O. The summed E-state index contributed by atoms with van der Waals surface area (Å²) in [4.78, 5) is 52.1. The van der Waals surface area contributed by atoms with Gasteiger partial charge in [0.25, 0.3) is 5.91 Å². The van der Waals surface area contributed by atoms with E-state index in [-0.39, 0.29) is 6.54 Å². The lowest BCUT2D eigenvalue weighted by atomic mass is 9.82. The number of anilines is 1. The number of benzene rings is 1. The molecule has 5 amide bonds. The lowest BCUT2D eigenvalue weighted by molar-refractivity contribution is -0.140. The van der Waals surface area contributed by atoms with Crippen LogP contribution in [0.4, 0.5) is 23.7 Å². The number of hydrogen-bond donors (Lipinski definition) is 2. The van der Waals surface area contributed by atoms with Crippen molar-refractivity contribution in [3.8, 4) is 0 Å². The lowest BCUT2D eigenvalue weighted by Crippen LogP contribution is -2.49. The fourth-order valence-corrected chi connectivity index (χ4v) is 4.13. The van der Waals surface area contributed by atoms with Crippen molar-refractivity contribution >= 4 is 29.4 Å². The fraction of sp³-hybridized carbons (Fsp3) is 0.524. The summed E-state index contributed by atoms with van der Waals surface area (Å²) in [7, 11) is 0. The molecule has 0 atom stereocenters. The second kappa shape index (κ2) is 9.17. The van der Waals surface area contributed by atoms with Crippen LogP contribution < -0.4 is 10.6 Å². The molecule has 0 aromatic heterocycles. The van der Waals surface area contributed by atoms with Crippen LogP contribution in [0.1, 0.15) is 44.6 Å². The summed E-state index contributed by atoms with van der Waals surface area (Å²) in [6.45, 7) is 0.605. The van der Waals surface area contributed by atoms with Crippen LogP contribution in [-0.2, 0) is 20.6 Å². The van der Waals surface area contributed by atoms with Crippen molar-refractivity contribution in [2.75, 3.05) is 25.0 Å². The van der Waals surface area contributed by atoms with Crippen molar-refractivity contribution in [1.82, 2.24) is 15.1 Å². The number of imide groups is 1. The van der Waals surface area contributed by atoms with Gasteiger partial charge in [-0.2, -0.15) is 13.2 Å². The monoisotopic (exact) mass is 454 g/mol. The summed E-state index contributed by atoms with van der Waals surface area (Å²) in [5.74, 6) is -1.92. The molecular formula is C21H25F3N4O4. The van der Waals surface area contributed by atoms with E-state index in [1.165, 1.54) is 12.1 Å². The number of likely N-dealkylation sites (N-methyl/N-ethyl adjacent to an activating group) is 1. The van der Waals surface area contributed by atoms with Gasteiger partial charge in [0.1, 0.15) is 12.1 Å². The van der Waals surface area contributed by atoms with Gasteiger partial charge in [0.15, 0.2) is 0 Å². The first-order chi connectivity index (χ1) is 15.1. The summed E-state index contributed by atoms with van der Waals surface area (Å²) in [6.07, 6.45) is -1.05. The summed E-state index contributed by atoms with van der Waals surface area (Å²) < 4.78 is 39.3. The van der Waals surface area contributed by atoms with Gasteiger partial charge in [0.05, 0.1) is 17.8 Å². The molecule has 8 nitrogen and oxygen atoms in total. The van der Waals surface area contributed by atoms with Gasteiger partial charge >= 0.3 is 12.2 Å². The van der Waals surface area contributed by atoms with Gasteiger partial charge in [0, 0.05) is 6.54 Å². The lowest BCUT2D eigenvalue weighted by Gasteiger charge is -2.30. The van der Waals surface area contributed by atoms with Crippen molar-refractivity contribution < 1.29 is 32.3 Å². The first kappa shape index (κ1) is 23.6. The van der Waals surface area contributed by atoms with Crippen molar-refractivity contribution in [1.29, 1.82) is 0 Å². The highest BCUT2D eigenvalue weighted by molar-refractivity contribution is 6.09. The Morgan fingerprint density at radius 1 is 1.16 bits per heavy atom. The van der Waals surface area contributed by atoms with E-state index in [4.69, 9.17) is 0 Å². The molecule has 1 aliphatic carbocycles. The topological polar surface area (TPSA) is 98.8 Å². The Bertz CT molecular complexity index is 913. The Hall–Kier alpha value is -3.11. The standard InChI is InChI=1S/C21H25F3N4O4/c1-2-27(12-16(29)25-15-9-5-4-8-14(15)21(22,23)24)17(30)13-28-18(31)20(26-19(28)32)10-6-3-7-11-20/h4-5,8-9H,2-3,6-7,10-13H2,1H3,(H,25,29)(H,26,32). The van der Waals surface area contributed by atoms with E-state index < -0.39 is 59.8 Å². The molecule has 1 saturated carbocycles. The summed E-state index contributed by atoms with van der Waals surface area (Å²) in [5, 5.41) is 4.89. The van der Waals surface area contributed by atoms with Crippen LogP contribution in [0.25, 0.3) is 0 Å². The van der Waals surface area contributed by atoms with E-state index in [2.05, 4.69) is 10.6 Å². The van der Waals surface area contributed by atoms with E-state index in [1.807, 2.05) is 0 Å². The van der Waals surface area contributed by atoms with Gasteiger partial charge < -0.3 is 15.5 Å². The minimum Gasteiger partial charge on any atom is -0.332 e. The number of alkyl halides is 3. The van der Waals surface area contributed by atoms with E-state index in [0.717, 1.165) is 41.2 Å². The number of carbonyl (C=O) groups is 4. The largest absolute Gasteiger partial charge is 0.418 e. The van der Waals surface area contributed by atoms with Crippen LogP contribution in [-0.4, -0.2) is 58.7 Å².